The van der Waals surface area contributed by atoms with Gasteiger partial charge in [0.25, 0.3) is 10.0 Å². The molecule has 208 valence electrons. The van der Waals surface area contributed by atoms with Crippen molar-refractivity contribution in [1.29, 1.82) is 0 Å². The smallest absolute Gasteiger partial charge is 0.264 e. The third kappa shape index (κ3) is 7.46. The Morgan fingerprint density at radius 3 is 2.28 bits per heavy atom. The largest absolute Gasteiger partial charge is 0.326 e. The number of piperidine rings is 1. The number of nitrogens with one attached hydrogen (secondary N) is 2. The number of aryl methyl sites for hydroxylation is 2. The number of sulfonamides is 2. The Labute approximate surface area is 237 Å². The molecule has 0 saturated carbocycles. The van der Waals surface area contributed by atoms with Gasteiger partial charge in [-0.1, -0.05) is 29.3 Å². The predicted octanol–water partition coefficient (Wildman–Crippen LogP) is 4.38. The number of anilines is 2. The van der Waals surface area contributed by atoms with Crippen molar-refractivity contribution < 1.29 is 21.6 Å². The number of amides is 1. The molecule has 39 heavy (non-hydrogen) atoms. The van der Waals surface area contributed by atoms with Crippen LogP contribution in [0.4, 0.5) is 11.6 Å². The normalized spacial score (nSPS) is 16.6. The van der Waals surface area contributed by atoms with E-state index in [1.54, 1.807) is 32.0 Å². The number of carbonyl (C=O) groups is 1. The summed E-state index contributed by atoms with van der Waals surface area (Å²) >= 11 is 11.9. The average Bonchev–Trinajstić information content (AvgIpc) is 2.85. The number of rotatable bonds is 8. The van der Waals surface area contributed by atoms with Crippen molar-refractivity contribution in [2.75, 3.05) is 23.1 Å². The van der Waals surface area contributed by atoms with Crippen LogP contribution in [0, 0.1) is 19.8 Å². The predicted molar refractivity (Wildman–Crippen MR) is 151 cm³/mol. The third-order valence-corrected chi connectivity index (χ3v) is 10.0. The fourth-order valence-electron chi connectivity index (χ4n) is 4.25. The first-order valence-electron chi connectivity index (χ1n) is 12.0. The van der Waals surface area contributed by atoms with Gasteiger partial charge < -0.3 is 5.32 Å². The molecule has 10 nitrogen and oxygen atoms in total. The minimum atomic E-state index is -3.94. The summed E-state index contributed by atoms with van der Waals surface area (Å²) in [7, 11) is -7.63. The van der Waals surface area contributed by atoms with Crippen molar-refractivity contribution in [2.45, 2.75) is 37.3 Å². The molecule has 1 fully saturated rings. The number of benzene rings is 2. The lowest BCUT2D eigenvalue weighted by molar-refractivity contribution is -0.120. The summed E-state index contributed by atoms with van der Waals surface area (Å²) < 4.78 is 55.2. The lowest BCUT2D eigenvalue weighted by Crippen LogP contribution is -2.44. The number of hydrogen-bond acceptors (Lipinski definition) is 7. The van der Waals surface area contributed by atoms with Crippen LogP contribution in [0.1, 0.15) is 29.8 Å². The monoisotopic (exact) mass is 611 g/mol. The van der Waals surface area contributed by atoms with Crippen molar-refractivity contribution in [1.82, 2.24) is 14.3 Å². The van der Waals surface area contributed by atoms with Gasteiger partial charge in [-0.25, -0.2) is 35.8 Å². The van der Waals surface area contributed by atoms with E-state index in [9.17, 15) is 21.6 Å². The molecule has 4 rings (SSSR count). The van der Waals surface area contributed by atoms with Gasteiger partial charge >= 0.3 is 0 Å². The summed E-state index contributed by atoms with van der Waals surface area (Å²) in [5.74, 6) is -1.19. The minimum Gasteiger partial charge on any atom is -0.326 e. The molecule has 2 heterocycles. The second-order valence-corrected chi connectivity index (χ2v) is 13.8. The van der Waals surface area contributed by atoms with Crippen LogP contribution >= 0.6 is 23.2 Å². The van der Waals surface area contributed by atoms with E-state index in [1.165, 1.54) is 34.6 Å². The third-order valence-electron chi connectivity index (χ3n) is 6.12. The summed E-state index contributed by atoms with van der Waals surface area (Å²) in [6, 6.07) is 12.0. The summed E-state index contributed by atoms with van der Waals surface area (Å²) in [6.07, 6.45) is 1.05. The molecule has 1 amide bonds. The Hall–Kier alpha value is -2.77. The maximum atomic E-state index is 13.0. The maximum Gasteiger partial charge on any atom is 0.264 e. The van der Waals surface area contributed by atoms with Gasteiger partial charge in [-0.05, 0) is 74.7 Å². The second-order valence-electron chi connectivity index (χ2n) is 9.30. The first-order chi connectivity index (χ1) is 18.3. The van der Waals surface area contributed by atoms with Gasteiger partial charge in [0.2, 0.25) is 21.9 Å². The van der Waals surface area contributed by atoms with E-state index in [4.69, 9.17) is 23.2 Å². The standard InChI is InChI=1S/C25H27Cl2N5O5S2/c1-16-12-17(2)29-25(28-16)31-39(36,37)21-8-6-20(7-9-21)30-24(33)19-4-3-11-32(14-19)38(34,35)15-18-5-10-22(26)23(27)13-18/h5-10,12-13,19H,3-4,11,14-15H2,1-2H3,(H,30,33)(H,28,29,31). The molecule has 1 saturated heterocycles. The van der Waals surface area contributed by atoms with E-state index >= 15 is 0 Å². The van der Waals surface area contributed by atoms with Gasteiger partial charge in [-0.2, -0.15) is 0 Å². The summed E-state index contributed by atoms with van der Waals surface area (Å²) in [4.78, 5) is 21.1. The zero-order valence-corrected chi connectivity index (χ0v) is 24.3. The van der Waals surface area contributed by atoms with E-state index in [1.807, 2.05) is 0 Å². The van der Waals surface area contributed by atoms with E-state index in [2.05, 4.69) is 20.0 Å². The zero-order chi connectivity index (χ0) is 28.4. The molecule has 0 radical (unpaired) electrons. The number of halogens is 2. The Balaban J connectivity index is 1.39. The number of aromatic nitrogens is 2. The first kappa shape index (κ1) is 29.2. The first-order valence-corrected chi connectivity index (χ1v) is 15.8. The molecule has 2 N–H and O–H groups in total. The zero-order valence-electron chi connectivity index (χ0n) is 21.2. The van der Waals surface area contributed by atoms with Crippen LogP contribution in [-0.2, 0) is 30.6 Å². The molecule has 0 aliphatic carbocycles. The highest BCUT2D eigenvalue weighted by Gasteiger charge is 2.32. The number of carbonyl (C=O) groups excluding carboxylic acids is 1. The highest BCUT2D eigenvalue weighted by Crippen LogP contribution is 2.27. The van der Waals surface area contributed by atoms with Crippen molar-refractivity contribution >= 4 is 60.8 Å². The highest BCUT2D eigenvalue weighted by molar-refractivity contribution is 7.92. The number of hydrogen-bond donors (Lipinski definition) is 2. The molecular formula is C25H27Cl2N5O5S2. The van der Waals surface area contributed by atoms with Crippen LogP contribution in [0.15, 0.2) is 53.4 Å². The highest BCUT2D eigenvalue weighted by atomic mass is 35.5. The Bertz CT molecular complexity index is 1580. The van der Waals surface area contributed by atoms with Gasteiger partial charge in [-0.15, -0.1) is 0 Å². The SMILES string of the molecule is Cc1cc(C)nc(NS(=O)(=O)c2ccc(NC(=O)C3CCCN(S(=O)(=O)Cc4ccc(Cl)c(Cl)c4)C3)cc2)n1. The Morgan fingerprint density at radius 2 is 1.64 bits per heavy atom. The molecule has 2 aromatic carbocycles. The van der Waals surface area contributed by atoms with E-state index in [0.29, 0.717) is 47.0 Å². The Kier molecular flexibility index (Phi) is 8.82. The minimum absolute atomic E-state index is 0.0270. The molecule has 0 spiro atoms. The van der Waals surface area contributed by atoms with Crippen LogP contribution in [0.2, 0.25) is 10.0 Å². The molecule has 1 unspecified atom stereocenters. The van der Waals surface area contributed by atoms with Gasteiger partial charge in [0.15, 0.2) is 0 Å². The quantitative estimate of drug-likeness (QED) is 0.385. The average molecular weight is 613 g/mol. The van der Waals surface area contributed by atoms with Crippen LogP contribution in [0.3, 0.4) is 0 Å². The van der Waals surface area contributed by atoms with Crippen molar-refractivity contribution in [2.24, 2.45) is 5.92 Å². The fraction of sp³-hybridized carbons (Fsp3) is 0.320. The number of nitrogens with zero attached hydrogens (tertiary/aromatic N) is 3. The van der Waals surface area contributed by atoms with Crippen LogP contribution < -0.4 is 10.0 Å². The lowest BCUT2D eigenvalue weighted by Gasteiger charge is -2.31. The summed E-state index contributed by atoms with van der Waals surface area (Å²) in [6.45, 7) is 3.83. The van der Waals surface area contributed by atoms with Gasteiger partial charge in [-0.3, -0.25) is 4.79 Å². The van der Waals surface area contributed by atoms with Crippen LogP contribution in [0.25, 0.3) is 0 Å². The van der Waals surface area contributed by atoms with E-state index in [0.717, 1.165) is 0 Å². The topological polar surface area (TPSA) is 138 Å². The Morgan fingerprint density at radius 1 is 0.974 bits per heavy atom. The van der Waals surface area contributed by atoms with E-state index in [-0.39, 0.29) is 34.1 Å². The summed E-state index contributed by atoms with van der Waals surface area (Å²) in [5, 5.41) is 3.37. The van der Waals surface area contributed by atoms with Gasteiger partial charge in [0.05, 0.1) is 26.6 Å². The molecular weight excluding hydrogens is 585 g/mol. The lowest BCUT2D eigenvalue weighted by atomic mass is 9.99. The molecule has 1 aliphatic rings. The molecule has 14 heteroatoms. The van der Waals surface area contributed by atoms with Crippen LogP contribution in [-0.4, -0.2) is 50.1 Å². The summed E-state index contributed by atoms with van der Waals surface area (Å²) in [5.41, 5.74) is 2.14. The van der Waals surface area contributed by atoms with Crippen molar-refractivity contribution in [3.8, 4) is 0 Å². The van der Waals surface area contributed by atoms with Gasteiger partial charge in [0, 0.05) is 30.2 Å². The van der Waals surface area contributed by atoms with Gasteiger partial charge in [0.1, 0.15) is 0 Å². The maximum absolute atomic E-state index is 13.0. The van der Waals surface area contributed by atoms with Crippen molar-refractivity contribution in [3.63, 3.8) is 0 Å². The molecule has 1 aromatic heterocycles. The van der Waals surface area contributed by atoms with Crippen molar-refractivity contribution in [3.05, 3.63) is 75.5 Å². The molecule has 0 bridgehead atoms. The van der Waals surface area contributed by atoms with E-state index < -0.39 is 26.0 Å². The molecule has 1 aliphatic heterocycles. The van der Waals surface area contributed by atoms with Crippen LogP contribution in [0.5, 0.6) is 0 Å². The fourth-order valence-corrected chi connectivity index (χ4v) is 7.12. The second kappa shape index (κ2) is 11.8. The molecule has 1 atom stereocenters. The molecule has 3 aromatic rings.